The van der Waals surface area contributed by atoms with Crippen LogP contribution in [0.25, 0.3) is 0 Å². The molecule has 0 fully saturated rings. The van der Waals surface area contributed by atoms with Crippen molar-refractivity contribution in [1.29, 1.82) is 0 Å². The van der Waals surface area contributed by atoms with E-state index in [1.54, 1.807) is 26.8 Å². The molecule has 0 N–H and O–H groups in total. The fraction of sp³-hybridized carbons (Fsp3) is 0.533. The van der Waals surface area contributed by atoms with Gasteiger partial charge in [0.2, 0.25) is 11.3 Å². The van der Waals surface area contributed by atoms with Crippen LogP contribution in [0.2, 0.25) is 0 Å². The molecule has 0 aliphatic heterocycles. The molecule has 1 heterocycles. The highest BCUT2D eigenvalue weighted by Gasteiger charge is 2.36. The summed E-state index contributed by atoms with van der Waals surface area (Å²) in [7, 11) is 1.21. The van der Waals surface area contributed by atoms with Crippen LogP contribution in [0, 0.1) is 0 Å². The summed E-state index contributed by atoms with van der Waals surface area (Å²) in [6.45, 7) is 8.20. The molecular weight excluding hydrogens is 290 g/mol. The number of carbonyl (C=O) groups is 2. The molecule has 1 rings (SSSR count). The van der Waals surface area contributed by atoms with E-state index in [1.807, 2.05) is 0 Å². The lowest BCUT2D eigenvalue weighted by Gasteiger charge is -2.26. The van der Waals surface area contributed by atoms with Crippen molar-refractivity contribution in [2.45, 2.75) is 45.8 Å². The van der Waals surface area contributed by atoms with Crippen molar-refractivity contribution in [3.8, 4) is 0 Å². The monoisotopic (exact) mass is 311 g/mol. The van der Waals surface area contributed by atoms with Crippen LogP contribution in [0.3, 0.4) is 0 Å². The molecule has 0 saturated carbocycles. The van der Waals surface area contributed by atoms with Gasteiger partial charge in [0.25, 0.3) is 0 Å². The summed E-state index contributed by atoms with van der Waals surface area (Å²) in [4.78, 5) is 29.0. The lowest BCUT2D eigenvalue weighted by Crippen LogP contribution is -2.40. The molecule has 0 radical (unpaired) electrons. The van der Waals surface area contributed by atoms with Gasteiger partial charge >= 0.3 is 11.9 Å². The van der Waals surface area contributed by atoms with Gasteiger partial charge in [-0.15, -0.1) is 0 Å². The van der Waals surface area contributed by atoms with Gasteiger partial charge in [0.1, 0.15) is 5.60 Å². The molecule has 0 aliphatic carbocycles. The molecule has 1 aromatic heterocycles. The minimum Gasteiger partial charge on any atom is -0.464 e. The van der Waals surface area contributed by atoms with Crippen molar-refractivity contribution >= 4 is 17.7 Å². The molecule has 0 saturated heterocycles. The highest BCUT2D eigenvalue weighted by molar-refractivity contribution is 6.42. The molecule has 7 heteroatoms. The van der Waals surface area contributed by atoms with Gasteiger partial charge in [-0.05, 0) is 46.8 Å². The van der Waals surface area contributed by atoms with Crippen molar-refractivity contribution in [3.05, 3.63) is 24.2 Å². The SMILES string of the molecule is COC(=O)/C(=N\OC(C)(C)C(=O)OC(C)(C)C)c1ccco1. The third-order valence-electron chi connectivity index (χ3n) is 2.39. The number of esters is 2. The van der Waals surface area contributed by atoms with Crippen molar-refractivity contribution < 1.29 is 28.3 Å². The first-order chi connectivity index (χ1) is 10.1. The molecule has 22 heavy (non-hydrogen) atoms. The van der Waals surface area contributed by atoms with Crippen molar-refractivity contribution in [2.75, 3.05) is 7.11 Å². The van der Waals surface area contributed by atoms with Gasteiger partial charge < -0.3 is 18.7 Å². The molecule has 0 amide bonds. The van der Waals surface area contributed by atoms with Gasteiger partial charge in [-0.1, -0.05) is 5.16 Å². The first-order valence-corrected chi connectivity index (χ1v) is 6.68. The quantitative estimate of drug-likeness (QED) is 0.471. The van der Waals surface area contributed by atoms with E-state index in [4.69, 9.17) is 14.0 Å². The molecule has 0 bridgehead atoms. The molecule has 0 atom stereocenters. The summed E-state index contributed by atoms with van der Waals surface area (Å²) >= 11 is 0. The minimum atomic E-state index is -1.38. The molecule has 122 valence electrons. The Morgan fingerprint density at radius 2 is 1.82 bits per heavy atom. The molecule has 1 aromatic rings. The summed E-state index contributed by atoms with van der Waals surface area (Å²) in [5.41, 5.74) is -2.21. The maximum atomic E-state index is 12.1. The summed E-state index contributed by atoms with van der Waals surface area (Å²) in [5.74, 6) is -1.17. The van der Waals surface area contributed by atoms with E-state index in [-0.39, 0.29) is 11.5 Å². The van der Waals surface area contributed by atoms with Gasteiger partial charge in [0.05, 0.1) is 13.4 Å². The second kappa shape index (κ2) is 6.64. The topological polar surface area (TPSA) is 87.3 Å². The summed E-state index contributed by atoms with van der Waals surface area (Å²) in [5, 5.41) is 3.71. The van der Waals surface area contributed by atoms with Gasteiger partial charge in [-0.25, -0.2) is 9.59 Å². The number of oxime groups is 1. The standard InChI is InChI=1S/C15H21NO6/c1-14(2,3)21-13(18)15(4,5)22-16-11(12(17)19-6)10-8-7-9-20-10/h7-9H,1-6H3/b16-11-. The second-order valence-electron chi connectivity index (χ2n) is 6.01. The Labute approximate surface area is 129 Å². The van der Waals surface area contributed by atoms with E-state index < -0.39 is 23.1 Å². The van der Waals surface area contributed by atoms with Crippen LogP contribution in [0.5, 0.6) is 0 Å². The van der Waals surface area contributed by atoms with Gasteiger partial charge in [-0.2, -0.15) is 0 Å². The minimum absolute atomic E-state index is 0.173. The summed E-state index contributed by atoms with van der Waals surface area (Å²) < 4.78 is 15.0. The third-order valence-corrected chi connectivity index (χ3v) is 2.39. The van der Waals surface area contributed by atoms with Crippen molar-refractivity contribution in [3.63, 3.8) is 0 Å². The number of hydrogen-bond acceptors (Lipinski definition) is 7. The predicted molar refractivity (Wildman–Crippen MR) is 78.3 cm³/mol. The largest absolute Gasteiger partial charge is 0.464 e. The highest BCUT2D eigenvalue weighted by atomic mass is 16.7. The average molecular weight is 311 g/mol. The molecule has 0 unspecified atom stereocenters. The van der Waals surface area contributed by atoms with Crippen LogP contribution in [-0.4, -0.2) is 36.0 Å². The number of methoxy groups -OCH3 is 1. The number of ether oxygens (including phenoxy) is 2. The third kappa shape index (κ3) is 4.91. The van der Waals surface area contributed by atoms with E-state index in [2.05, 4.69) is 9.89 Å². The zero-order valence-corrected chi connectivity index (χ0v) is 13.6. The Bertz CT molecular complexity index is 551. The lowest BCUT2D eigenvalue weighted by molar-refractivity contribution is -0.179. The Hall–Kier alpha value is -2.31. The van der Waals surface area contributed by atoms with Crippen LogP contribution in [0.4, 0.5) is 0 Å². The molecule has 0 spiro atoms. The van der Waals surface area contributed by atoms with E-state index in [1.165, 1.54) is 33.3 Å². The van der Waals surface area contributed by atoms with E-state index >= 15 is 0 Å². The van der Waals surface area contributed by atoms with Crippen LogP contribution in [-0.2, 0) is 23.9 Å². The predicted octanol–water partition coefficient (Wildman–Crippen LogP) is 2.29. The Morgan fingerprint density at radius 3 is 2.27 bits per heavy atom. The fourth-order valence-corrected chi connectivity index (χ4v) is 1.29. The molecule has 0 aliphatic rings. The maximum absolute atomic E-state index is 12.1. The van der Waals surface area contributed by atoms with Crippen molar-refractivity contribution in [2.24, 2.45) is 5.16 Å². The second-order valence-corrected chi connectivity index (χ2v) is 6.01. The summed E-state index contributed by atoms with van der Waals surface area (Å²) in [6, 6.07) is 3.12. The highest BCUT2D eigenvalue weighted by Crippen LogP contribution is 2.18. The normalized spacial score (nSPS) is 12.7. The number of rotatable bonds is 5. The number of nitrogens with zero attached hydrogens (tertiary/aromatic N) is 1. The number of furan rings is 1. The van der Waals surface area contributed by atoms with Crippen LogP contribution in [0.15, 0.2) is 28.0 Å². The Balaban J connectivity index is 2.94. The van der Waals surface area contributed by atoms with Gasteiger partial charge in [-0.3, -0.25) is 0 Å². The number of hydrogen-bond donors (Lipinski definition) is 0. The average Bonchev–Trinajstić information content (AvgIpc) is 2.90. The Morgan fingerprint density at radius 1 is 1.18 bits per heavy atom. The van der Waals surface area contributed by atoms with Crippen LogP contribution < -0.4 is 0 Å². The van der Waals surface area contributed by atoms with E-state index in [0.717, 1.165) is 0 Å². The van der Waals surface area contributed by atoms with Gasteiger partial charge in [0, 0.05) is 0 Å². The first-order valence-electron chi connectivity index (χ1n) is 6.68. The van der Waals surface area contributed by atoms with Crippen molar-refractivity contribution in [1.82, 2.24) is 0 Å². The maximum Gasteiger partial charge on any atom is 0.364 e. The number of carbonyl (C=O) groups excluding carboxylic acids is 2. The Kier molecular flexibility index (Phi) is 5.35. The van der Waals surface area contributed by atoms with Gasteiger partial charge in [0.15, 0.2) is 5.76 Å². The summed E-state index contributed by atoms with van der Waals surface area (Å²) in [6.07, 6.45) is 1.38. The smallest absolute Gasteiger partial charge is 0.364 e. The van der Waals surface area contributed by atoms with E-state index in [9.17, 15) is 9.59 Å². The zero-order chi connectivity index (χ0) is 17.0. The molecule has 0 aromatic carbocycles. The fourth-order valence-electron chi connectivity index (χ4n) is 1.29. The first kappa shape index (κ1) is 17.7. The molecular formula is C15H21NO6. The zero-order valence-electron chi connectivity index (χ0n) is 13.6. The van der Waals surface area contributed by atoms with Crippen LogP contribution >= 0.6 is 0 Å². The lowest BCUT2D eigenvalue weighted by atomic mass is 10.1. The molecule has 7 nitrogen and oxygen atoms in total. The van der Waals surface area contributed by atoms with Crippen LogP contribution in [0.1, 0.15) is 40.4 Å². The van der Waals surface area contributed by atoms with E-state index in [0.29, 0.717) is 0 Å².